The fourth-order valence-electron chi connectivity index (χ4n) is 3.69. The molecule has 2 aromatic heterocycles. The number of para-hydroxylation sites is 2. The van der Waals surface area contributed by atoms with Gasteiger partial charge in [-0.25, -0.2) is 15.0 Å². The zero-order valence-electron chi connectivity index (χ0n) is 17.3. The van der Waals surface area contributed by atoms with Crippen molar-refractivity contribution in [2.45, 2.75) is 13.0 Å². The van der Waals surface area contributed by atoms with Gasteiger partial charge in [-0.2, -0.15) is 0 Å². The average Bonchev–Trinajstić information content (AvgIpc) is 3.23. The molecule has 0 bridgehead atoms. The number of amides is 1. The van der Waals surface area contributed by atoms with Crippen LogP contribution in [0.2, 0.25) is 0 Å². The van der Waals surface area contributed by atoms with Crippen molar-refractivity contribution >= 4 is 28.5 Å². The number of benzene rings is 2. The summed E-state index contributed by atoms with van der Waals surface area (Å²) < 4.78 is 5.94. The van der Waals surface area contributed by atoms with Crippen LogP contribution in [0.4, 0.5) is 5.82 Å². The van der Waals surface area contributed by atoms with Gasteiger partial charge in [0.05, 0.1) is 17.6 Å². The van der Waals surface area contributed by atoms with E-state index >= 15 is 0 Å². The van der Waals surface area contributed by atoms with E-state index in [0.717, 1.165) is 11.0 Å². The Morgan fingerprint density at radius 2 is 1.88 bits per heavy atom. The number of anilines is 1. The van der Waals surface area contributed by atoms with Crippen molar-refractivity contribution in [1.29, 1.82) is 0 Å². The third kappa shape index (κ3) is 3.87. The molecule has 1 saturated heterocycles. The lowest BCUT2D eigenvalue weighted by atomic mass is 10.1. The fourth-order valence-corrected chi connectivity index (χ4v) is 3.69. The van der Waals surface area contributed by atoms with E-state index in [4.69, 9.17) is 4.74 Å². The number of carbonyl (C=O) groups is 2. The van der Waals surface area contributed by atoms with Gasteiger partial charge in [0.25, 0.3) is 5.88 Å². The summed E-state index contributed by atoms with van der Waals surface area (Å²) >= 11 is 0. The molecule has 0 aliphatic carbocycles. The van der Waals surface area contributed by atoms with E-state index in [1.165, 1.54) is 6.20 Å². The summed E-state index contributed by atoms with van der Waals surface area (Å²) in [5, 5.41) is 2.88. The van der Waals surface area contributed by atoms with Crippen LogP contribution in [0.5, 0.6) is 11.6 Å². The Morgan fingerprint density at radius 3 is 2.66 bits per heavy atom. The maximum absolute atomic E-state index is 12.8. The second kappa shape index (κ2) is 8.10. The second-order valence-electron chi connectivity index (χ2n) is 7.59. The van der Waals surface area contributed by atoms with E-state index in [9.17, 15) is 9.59 Å². The number of aromatic nitrogens is 4. The summed E-state index contributed by atoms with van der Waals surface area (Å²) in [6.45, 7) is 2.72. The molecule has 160 valence electrons. The van der Waals surface area contributed by atoms with Gasteiger partial charge >= 0.3 is 0 Å². The summed E-state index contributed by atoms with van der Waals surface area (Å²) in [4.78, 5) is 42.6. The van der Waals surface area contributed by atoms with Gasteiger partial charge in [-0.1, -0.05) is 12.1 Å². The van der Waals surface area contributed by atoms with Gasteiger partial charge < -0.3 is 19.9 Å². The Morgan fingerprint density at radius 1 is 1.09 bits per heavy atom. The summed E-state index contributed by atoms with van der Waals surface area (Å²) in [5.41, 5.74) is 2.04. The Balaban J connectivity index is 1.35. The van der Waals surface area contributed by atoms with Crippen molar-refractivity contribution in [1.82, 2.24) is 25.3 Å². The molecule has 2 aromatic carbocycles. The first-order chi connectivity index (χ1) is 15.6. The molecule has 1 atom stereocenters. The standard InChI is InChI=1S/C23H20N6O3/c1-14-12-29(13-19(30)26-14)22-23(25-11-10-24-22)32-16-8-6-15(7-9-16)20(31)21-27-17-4-2-3-5-18(17)28-21/h2-11,14H,12-13H2,1H3,(H,26,30)(H,27,28). The molecule has 5 rings (SSSR count). The van der Waals surface area contributed by atoms with Gasteiger partial charge in [-0.15, -0.1) is 0 Å². The topological polar surface area (TPSA) is 113 Å². The number of ether oxygens (including phenoxy) is 1. The van der Waals surface area contributed by atoms with E-state index in [2.05, 4.69) is 25.3 Å². The van der Waals surface area contributed by atoms with Crippen molar-refractivity contribution in [3.05, 3.63) is 72.3 Å². The predicted molar refractivity (Wildman–Crippen MR) is 118 cm³/mol. The number of H-pyrrole nitrogens is 1. The van der Waals surface area contributed by atoms with Crippen LogP contribution in [0.1, 0.15) is 23.1 Å². The van der Waals surface area contributed by atoms with E-state index in [0.29, 0.717) is 29.6 Å². The van der Waals surface area contributed by atoms with Crippen LogP contribution in [0.3, 0.4) is 0 Å². The SMILES string of the molecule is CC1CN(c2nccnc2Oc2ccc(C(=O)c3nc4ccccc4[nH]3)cc2)CC(=O)N1. The summed E-state index contributed by atoms with van der Waals surface area (Å²) in [6, 6.07) is 14.2. The first-order valence-corrected chi connectivity index (χ1v) is 10.2. The maximum Gasteiger partial charge on any atom is 0.263 e. The highest BCUT2D eigenvalue weighted by molar-refractivity contribution is 6.08. The van der Waals surface area contributed by atoms with Crippen LogP contribution < -0.4 is 15.0 Å². The molecular weight excluding hydrogens is 408 g/mol. The van der Waals surface area contributed by atoms with E-state index in [1.807, 2.05) is 36.1 Å². The van der Waals surface area contributed by atoms with Gasteiger partial charge in [0.1, 0.15) is 5.75 Å². The molecule has 0 radical (unpaired) electrons. The number of carbonyl (C=O) groups excluding carboxylic acids is 2. The highest BCUT2D eigenvalue weighted by atomic mass is 16.5. The molecule has 2 N–H and O–H groups in total. The number of hydrogen-bond donors (Lipinski definition) is 2. The predicted octanol–water partition coefficient (Wildman–Crippen LogP) is 2.70. The van der Waals surface area contributed by atoms with Crippen LogP contribution in [-0.4, -0.2) is 50.8 Å². The minimum Gasteiger partial charge on any atom is -0.436 e. The van der Waals surface area contributed by atoms with E-state index in [1.54, 1.807) is 30.5 Å². The highest BCUT2D eigenvalue weighted by Gasteiger charge is 2.25. The number of imidazole rings is 1. The number of piperazine rings is 1. The quantitative estimate of drug-likeness (QED) is 0.470. The molecule has 0 spiro atoms. The monoisotopic (exact) mass is 428 g/mol. The molecule has 9 heteroatoms. The first-order valence-electron chi connectivity index (χ1n) is 10.2. The zero-order valence-corrected chi connectivity index (χ0v) is 17.3. The molecular formula is C23H20N6O3. The van der Waals surface area contributed by atoms with Crippen LogP contribution in [0, 0.1) is 0 Å². The van der Waals surface area contributed by atoms with Crippen molar-refractivity contribution in [2.75, 3.05) is 18.0 Å². The number of ketones is 1. The molecule has 1 fully saturated rings. The lowest BCUT2D eigenvalue weighted by Crippen LogP contribution is -2.53. The molecule has 9 nitrogen and oxygen atoms in total. The Labute approximate surface area is 183 Å². The lowest BCUT2D eigenvalue weighted by Gasteiger charge is -2.32. The van der Waals surface area contributed by atoms with Crippen LogP contribution in [0.15, 0.2) is 60.9 Å². The van der Waals surface area contributed by atoms with Crippen LogP contribution >= 0.6 is 0 Å². The van der Waals surface area contributed by atoms with Crippen molar-refractivity contribution < 1.29 is 14.3 Å². The number of nitrogens with one attached hydrogen (secondary N) is 2. The maximum atomic E-state index is 12.8. The number of hydrogen-bond acceptors (Lipinski definition) is 7. The largest absolute Gasteiger partial charge is 0.436 e. The Hall–Kier alpha value is -4.27. The normalized spacial score (nSPS) is 16.1. The number of fused-ring (bicyclic) bond motifs is 1. The van der Waals surface area contributed by atoms with Crippen molar-refractivity contribution in [3.8, 4) is 11.6 Å². The number of nitrogens with zero attached hydrogens (tertiary/aromatic N) is 4. The number of rotatable bonds is 5. The Kier molecular flexibility index (Phi) is 4.98. The third-order valence-electron chi connectivity index (χ3n) is 5.12. The molecule has 1 amide bonds. The van der Waals surface area contributed by atoms with Crippen molar-refractivity contribution in [3.63, 3.8) is 0 Å². The molecule has 32 heavy (non-hydrogen) atoms. The molecule has 1 aliphatic heterocycles. The molecule has 4 aromatic rings. The third-order valence-corrected chi connectivity index (χ3v) is 5.12. The smallest absolute Gasteiger partial charge is 0.263 e. The van der Waals surface area contributed by atoms with Crippen LogP contribution in [0.25, 0.3) is 11.0 Å². The average molecular weight is 428 g/mol. The summed E-state index contributed by atoms with van der Waals surface area (Å²) in [6.07, 6.45) is 3.10. The molecule has 1 unspecified atom stereocenters. The van der Waals surface area contributed by atoms with E-state index < -0.39 is 0 Å². The molecule has 3 heterocycles. The van der Waals surface area contributed by atoms with Gasteiger partial charge in [0.2, 0.25) is 11.7 Å². The first kappa shape index (κ1) is 19.7. The highest BCUT2D eigenvalue weighted by Crippen LogP contribution is 2.29. The van der Waals surface area contributed by atoms with Crippen LogP contribution in [-0.2, 0) is 4.79 Å². The van der Waals surface area contributed by atoms with Gasteiger partial charge in [0.15, 0.2) is 11.6 Å². The zero-order chi connectivity index (χ0) is 22.1. The summed E-state index contributed by atoms with van der Waals surface area (Å²) in [5.74, 6) is 1.30. The van der Waals surface area contributed by atoms with Gasteiger partial charge in [-0.3, -0.25) is 9.59 Å². The second-order valence-corrected chi connectivity index (χ2v) is 7.59. The fraction of sp³-hybridized carbons (Fsp3) is 0.174. The van der Waals surface area contributed by atoms with Gasteiger partial charge in [-0.05, 0) is 43.3 Å². The van der Waals surface area contributed by atoms with E-state index in [-0.39, 0.29) is 30.1 Å². The minimum atomic E-state index is -0.207. The van der Waals surface area contributed by atoms with Crippen molar-refractivity contribution in [2.24, 2.45) is 0 Å². The minimum absolute atomic E-state index is 0.00495. The Bertz CT molecular complexity index is 1270. The summed E-state index contributed by atoms with van der Waals surface area (Å²) in [7, 11) is 0. The molecule has 0 saturated carbocycles. The molecule has 1 aliphatic rings. The lowest BCUT2D eigenvalue weighted by molar-refractivity contribution is -0.121. The number of aromatic amines is 1. The van der Waals surface area contributed by atoms with Gasteiger partial charge in [0, 0.05) is 30.5 Å².